The molecular weight excluding hydrogens is 336 g/mol. The monoisotopic (exact) mass is 360 g/mol. The van der Waals surface area contributed by atoms with Crippen LogP contribution in [0.5, 0.6) is 0 Å². The molecule has 5 nitrogen and oxygen atoms in total. The van der Waals surface area contributed by atoms with Crippen molar-refractivity contribution in [2.45, 2.75) is 25.8 Å². The number of benzene rings is 1. The van der Waals surface area contributed by atoms with E-state index in [1.807, 2.05) is 23.2 Å². The van der Waals surface area contributed by atoms with E-state index in [0.29, 0.717) is 12.1 Å². The fourth-order valence-corrected chi connectivity index (χ4v) is 2.86. The molecule has 1 aromatic carbocycles. The third kappa shape index (κ3) is 6.31. The van der Waals surface area contributed by atoms with E-state index < -0.39 is 0 Å². The summed E-state index contributed by atoms with van der Waals surface area (Å²) in [5, 5.41) is 1.97. The molecule has 3 aromatic rings. The fourth-order valence-electron chi connectivity index (χ4n) is 2.86. The van der Waals surface area contributed by atoms with Crippen molar-refractivity contribution in [2.24, 2.45) is 0 Å². The lowest BCUT2D eigenvalue weighted by molar-refractivity contribution is 0.0770. The minimum absolute atomic E-state index is 0.139. The number of nitrogens with one attached hydrogen (secondary N) is 1. The Labute approximate surface area is 160 Å². The second-order valence-electron chi connectivity index (χ2n) is 6.40. The maximum atomic E-state index is 12.5. The van der Waals surface area contributed by atoms with E-state index in [9.17, 15) is 4.79 Å². The van der Waals surface area contributed by atoms with Gasteiger partial charge in [-0.05, 0) is 54.7 Å². The number of nitrogens with zero attached hydrogens (tertiary/aromatic N) is 3. The summed E-state index contributed by atoms with van der Waals surface area (Å²) in [6.07, 6.45) is 9.88. The van der Waals surface area contributed by atoms with E-state index in [-0.39, 0.29) is 5.91 Å². The molecule has 1 N–H and O–H groups in total. The SMILES string of the molecule is O=C(NN(CCCCc1ccccc1)Cc1ccncc1)c1cccnc1. The zero-order valence-corrected chi connectivity index (χ0v) is 15.3. The summed E-state index contributed by atoms with van der Waals surface area (Å²) in [6.45, 7) is 1.42. The molecule has 0 atom stereocenters. The molecule has 138 valence electrons. The van der Waals surface area contributed by atoms with Gasteiger partial charge in [0.05, 0.1) is 5.56 Å². The average Bonchev–Trinajstić information content (AvgIpc) is 2.73. The van der Waals surface area contributed by atoms with Crippen molar-refractivity contribution in [2.75, 3.05) is 6.54 Å². The Bertz CT molecular complexity index is 809. The van der Waals surface area contributed by atoms with E-state index in [4.69, 9.17) is 0 Å². The number of unbranched alkanes of at least 4 members (excludes halogenated alkanes) is 1. The number of hydrazine groups is 1. The fraction of sp³-hybridized carbons (Fsp3) is 0.227. The molecule has 0 saturated carbocycles. The summed E-state index contributed by atoms with van der Waals surface area (Å²) in [6, 6.07) is 17.9. The van der Waals surface area contributed by atoms with E-state index >= 15 is 0 Å². The molecule has 0 saturated heterocycles. The second-order valence-corrected chi connectivity index (χ2v) is 6.40. The van der Waals surface area contributed by atoms with Gasteiger partial charge in [0.2, 0.25) is 0 Å². The first-order valence-electron chi connectivity index (χ1n) is 9.20. The Balaban J connectivity index is 1.56. The molecule has 0 bridgehead atoms. The van der Waals surface area contributed by atoms with Crippen molar-refractivity contribution in [3.8, 4) is 0 Å². The number of hydrogen-bond acceptors (Lipinski definition) is 4. The number of carbonyl (C=O) groups is 1. The highest BCUT2D eigenvalue weighted by molar-refractivity contribution is 5.93. The normalized spacial score (nSPS) is 10.7. The van der Waals surface area contributed by atoms with E-state index in [0.717, 1.165) is 31.4 Å². The van der Waals surface area contributed by atoms with Gasteiger partial charge in [0.25, 0.3) is 5.91 Å². The molecule has 3 rings (SSSR count). The highest BCUT2D eigenvalue weighted by Crippen LogP contribution is 2.08. The number of amides is 1. The first kappa shape index (κ1) is 18.7. The maximum Gasteiger partial charge on any atom is 0.267 e. The molecule has 27 heavy (non-hydrogen) atoms. The lowest BCUT2D eigenvalue weighted by Gasteiger charge is -2.23. The first-order chi connectivity index (χ1) is 13.3. The van der Waals surface area contributed by atoms with E-state index in [1.165, 1.54) is 5.56 Å². The summed E-state index contributed by atoms with van der Waals surface area (Å²) in [5.74, 6) is -0.139. The molecular formula is C22H24N4O. The van der Waals surface area contributed by atoms with Crippen LogP contribution in [0, 0.1) is 0 Å². The number of hydrogen-bond donors (Lipinski definition) is 1. The van der Waals surface area contributed by atoms with E-state index in [1.54, 1.807) is 36.9 Å². The Morgan fingerprint density at radius 1 is 0.852 bits per heavy atom. The van der Waals surface area contributed by atoms with Crippen LogP contribution in [-0.4, -0.2) is 27.4 Å². The van der Waals surface area contributed by atoms with Crippen molar-refractivity contribution in [3.63, 3.8) is 0 Å². The Kier molecular flexibility index (Phi) is 7.07. The molecule has 0 unspecified atom stereocenters. The highest BCUT2D eigenvalue weighted by Gasteiger charge is 2.12. The van der Waals surface area contributed by atoms with Crippen LogP contribution < -0.4 is 5.43 Å². The van der Waals surface area contributed by atoms with Gasteiger partial charge in [-0.25, -0.2) is 5.01 Å². The largest absolute Gasteiger partial charge is 0.284 e. The van der Waals surface area contributed by atoms with Gasteiger partial charge in [0.1, 0.15) is 0 Å². The van der Waals surface area contributed by atoms with Crippen LogP contribution in [0.4, 0.5) is 0 Å². The smallest absolute Gasteiger partial charge is 0.267 e. The predicted octanol–water partition coefficient (Wildman–Crippen LogP) is 3.65. The number of carbonyl (C=O) groups excluding carboxylic acids is 1. The van der Waals surface area contributed by atoms with Crippen LogP contribution >= 0.6 is 0 Å². The standard InChI is InChI=1S/C22H24N4O/c27-22(21-10-6-13-24-17-21)25-26(18-20-11-14-23-15-12-20)16-5-4-9-19-7-2-1-3-8-19/h1-3,6-8,10-15,17H,4-5,9,16,18H2,(H,25,27). The van der Waals surface area contributed by atoms with E-state index in [2.05, 4.69) is 39.7 Å². The molecule has 0 aliphatic carbocycles. The molecule has 1 amide bonds. The van der Waals surface area contributed by atoms with Crippen LogP contribution in [-0.2, 0) is 13.0 Å². The van der Waals surface area contributed by atoms with Crippen LogP contribution in [0.25, 0.3) is 0 Å². The number of aryl methyl sites for hydroxylation is 1. The summed E-state index contributed by atoms with van der Waals surface area (Å²) in [5.41, 5.74) is 6.03. The second kappa shape index (κ2) is 10.2. The molecule has 2 heterocycles. The summed E-state index contributed by atoms with van der Waals surface area (Å²) in [4.78, 5) is 20.6. The average molecular weight is 360 g/mol. The molecule has 0 aliphatic heterocycles. The Hall–Kier alpha value is -3.05. The highest BCUT2D eigenvalue weighted by atomic mass is 16.2. The lowest BCUT2D eigenvalue weighted by Crippen LogP contribution is -2.42. The molecule has 0 spiro atoms. The van der Waals surface area contributed by atoms with Crippen molar-refractivity contribution < 1.29 is 4.79 Å². The minimum Gasteiger partial charge on any atom is -0.284 e. The Morgan fingerprint density at radius 3 is 2.41 bits per heavy atom. The molecule has 2 aromatic heterocycles. The van der Waals surface area contributed by atoms with Gasteiger partial charge >= 0.3 is 0 Å². The van der Waals surface area contributed by atoms with Crippen molar-refractivity contribution in [1.82, 2.24) is 20.4 Å². The van der Waals surface area contributed by atoms with Gasteiger partial charge in [0, 0.05) is 37.9 Å². The van der Waals surface area contributed by atoms with Gasteiger partial charge in [-0.2, -0.15) is 0 Å². The van der Waals surface area contributed by atoms with Crippen molar-refractivity contribution in [1.29, 1.82) is 0 Å². The summed E-state index contributed by atoms with van der Waals surface area (Å²) >= 11 is 0. The van der Waals surface area contributed by atoms with Crippen LogP contribution in [0.3, 0.4) is 0 Å². The van der Waals surface area contributed by atoms with Gasteiger partial charge in [-0.3, -0.25) is 20.2 Å². The number of aromatic nitrogens is 2. The van der Waals surface area contributed by atoms with Gasteiger partial charge in [0.15, 0.2) is 0 Å². The van der Waals surface area contributed by atoms with Gasteiger partial charge in [-0.1, -0.05) is 30.3 Å². The molecule has 0 radical (unpaired) electrons. The summed E-state index contributed by atoms with van der Waals surface area (Å²) in [7, 11) is 0. The minimum atomic E-state index is -0.139. The predicted molar refractivity (Wildman–Crippen MR) is 106 cm³/mol. The topological polar surface area (TPSA) is 58.1 Å². The maximum absolute atomic E-state index is 12.5. The third-order valence-corrected chi connectivity index (χ3v) is 4.29. The zero-order valence-electron chi connectivity index (χ0n) is 15.3. The number of rotatable bonds is 9. The zero-order chi connectivity index (χ0) is 18.7. The molecule has 0 aliphatic rings. The summed E-state index contributed by atoms with van der Waals surface area (Å²) < 4.78 is 0. The van der Waals surface area contributed by atoms with Crippen molar-refractivity contribution in [3.05, 3.63) is 96.1 Å². The van der Waals surface area contributed by atoms with Crippen LogP contribution in [0.2, 0.25) is 0 Å². The molecule has 5 heteroatoms. The van der Waals surface area contributed by atoms with Crippen LogP contribution in [0.15, 0.2) is 79.4 Å². The van der Waals surface area contributed by atoms with Crippen molar-refractivity contribution >= 4 is 5.91 Å². The van der Waals surface area contributed by atoms with Crippen LogP contribution in [0.1, 0.15) is 34.3 Å². The third-order valence-electron chi connectivity index (χ3n) is 4.29. The van der Waals surface area contributed by atoms with Gasteiger partial charge in [-0.15, -0.1) is 0 Å². The Morgan fingerprint density at radius 2 is 1.67 bits per heavy atom. The first-order valence-corrected chi connectivity index (χ1v) is 9.20. The lowest BCUT2D eigenvalue weighted by atomic mass is 10.1. The quantitative estimate of drug-likeness (QED) is 0.467. The van der Waals surface area contributed by atoms with Gasteiger partial charge < -0.3 is 0 Å². The molecule has 0 fully saturated rings. The number of pyridine rings is 2.